The highest BCUT2D eigenvalue weighted by atomic mass is 31.2. The highest BCUT2D eigenvalue weighted by molar-refractivity contribution is 7.60. The summed E-state index contributed by atoms with van der Waals surface area (Å²) in [4.78, 5) is 0. The molecular formula is C13H27O2P. The van der Waals surface area contributed by atoms with Gasteiger partial charge in [0.15, 0.2) is 0 Å². The first-order chi connectivity index (χ1) is 6.71. The molecule has 1 fully saturated rings. The van der Waals surface area contributed by atoms with Crippen molar-refractivity contribution in [2.45, 2.75) is 66.1 Å². The van der Waals surface area contributed by atoms with Crippen molar-refractivity contribution in [3.8, 4) is 0 Å². The maximum absolute atomic E-state index is 12.8. The monoisotopic (exact) mass is 246 g/mol. The zero-order valence-corrected chi connectivity index (χ0v) is 13.2. The van der Waals surface area contributed by atoms with Crippen LogP contribution in [-0.4, -0.2) is 17.4 Å². The summed E-state index contributed by atoms with van der Waals surface area (Å²) in [5.41, 5.74) is -0.449. The molecule has 96 valence electrons. The first-order valence-corrected chi connectivity index (χ1v) is 8.06. The molecule has 0 saturated carbocycles. The molecule has 0 aliphatic carbocycles. The Kier molecular flexibility index (Phi) is 2.80. The predicted octanol–water partition coefficient (Wildman–Crippen LogP) is 4.53. The van der Waals surface area contributed by atoms with E-state index in [-0.39, 0.29) is 21.6 Å². The fourth-order valence-corrected chi connectivity index (χ4v) is 5.31. The molecular weight excluding hydrogens is 219 g/mol. The molecule has 0 spiro atoms. The van der Waals surface area contributed by atoms with Gasteiger partial charge in [-0.15, -0.1) is 0 Å². The van der Waals surface area contributed by atoms with E-state index in [4.69, 9.17) is 4.52 Å². The standard InChI is InChI=1S/C13H27O2P/c1-10(2)11(3,4)13(7,8)16(9,14)15-12(10,5)6/h1-9H3. The minimum Gasteiger partial charge on any atom is -0.322 e. The maximum Gasteiger partial charge on any atom is 0.206 e. The third-order valence-corrected chi connectivity index (χ3v) is 9.41. The van der Waals surface area contributed by atoms with Gasteiger partial charge >= 0.3 is 0 Å². The lowest BCUT2D eigenvalue weighted by Gasteiger charge is -2.64. The van der Waals surface area contributed by atoms with Crippen LogP contribution in [0.2, 0.25) is 0 Å². The first-order valence-electron chi connectivity index (χ1n) is 5.99. The molecule has 1 aliphatic heterocycles. The van der Waals surface area contributed by atoms with E-state index in [0.717, 1.165) is 0 Å². The Morgan fingerprint density at radius 2 is 1.19 bits per heavy atom. The van der Waals surface area contributed by atoms with Crippen LogP contribution in [0.4, 0.5) is 0 Å². The number of hydrogen-bond acceptors (Lipinski definition) is 2. The Morgan fingerprint density at radius 1 is 0.812 bits per heavy atom. The van der Waals surface area contributed by atoms with Crippen molar-refractivity contribution in [2.75, 3.05) is 6.66 Å². The fraction of sp³-hybridized carbons (Fsp3) is 1.00. The molecule has 16 heavy (non-hydrogen) atoms. The minimum absolute atomic E-state index is 0.0343. The van der Waals surface area contributed by atoms with Gasteiger partial charge in [-0.25, -0.2) is 0 Å². The lowest BCUT2D eigenvalue weighted by atomic mass is 9.55. The van der Waals surface area contributed by atoms with E-state index >= 15 is 0 Å². The van der Waals surface area contributed by atoms with Crippen molar-refractivity contribution in [3.63, 3.8) is 0 Å². The second-order valence-corrected chi connectivity index (χ2v) is 10.2. The van der Waals surface area contributed by atoms with Crippen molar-refractivity contribution < 1.29 is 9.09 Å². The van der Waals surface area contributed by atoms with E-state index in [9.17, 15) is 4.57 Å². The Bertz CT molecular complexity index is 351. The van der Waals surface area contributed by atoms with Gasteiger partial charge in [-0.05, 0) is 24.7 Å². The summed E-state index contributed by atoms with van der Waals surface area (Å²) < 4.78 is 18.8. The molecule has 0 bridgehead atoms. The van der Waals surface area contributed by atoms with Gasteiger partial charge in [0.05, 0.1) is 5.60 Å². The molecule has 1 unspecified atom stereocenters. The van der Waals surface area contributed by atoms with Crippen LogP contribution < -0.4 is 0 Å². The van der Waals surface area contributed by atoms with Crippen LogP contribution in [0.1, 0.15) is 55.4 Å². The zero-order valence-electron chi connectivity index (χ0n) is 12.3. The van der Waals surface area contributed by atoms with Crippen molar-refractivity contribution >= 4 is 7.37 Å². The van der Waals surface area contributed by atoms with Crippen molar-refractivity contribution in [1.29, 1.82) is 0 Å². The Hall–Kier alpha value is 0.190. The largest absolute Gasteiger partial charge is 0.322 e. The van der Waals surface area contributed by atoms with Crippen molar-refractivity contribution in [3.05, 3.63) is 0 Å². The smallest absolute Gasteiger partial charge is 0.206 e. The molecule has 0 radical (unpaired) electrons. The zero-order chi connectivity index (χ0) is 13.2. The highest BCUT2D eigenvalue weighted by Gasteiger charge is 2.66. The molecule has 1 aliphatic rings. The van der Waals surface area contributed by atoms with E-state index in [2.05, 4.69) is 55.4 Å². The molecule has 1 atom stereocenters. The van der Waals surface area contributed by atoms with Crippen LogP contribution in [0.3, 0.4) is 0 Å². The van der Waals surface area contributed by atoms with Gasteiger partial charge < -0.3 is 4.52 Å². The van der Waals surface area contributed by atoms with Crippen LogP contribution >= 0.6 is 7.37 Å². The van der Waals surface area contributed by atoms with Gasteiger partial charge in [0.2, 0.25) is 7.37 Å². The summed E-state index contributed by atoms with van der Waals surface area (Å²) in [7, 11) is -2.61. The van der Waals surface area contributed by atoms with E-state index in [1.807, 2.05) is 0 Å². The molecule has 0 N–H and O–H groups in total. The van der Waals surface area contributed by atoms with Crippen molar-refractivity contribution in [1.82, 2.24) is 0 Å². The van der Waals surface area contributed by atoms with Crippen LogP contribution in [0.5, 0.6) is 0 Å². The van der Waals surface area contributed by atoms with E-state index in [1.165, 1.54) is 0 Å². The van der Waals surface area contributed by atoms with Crippen LogP contribution in [0.15, 0.2) is 0 Å². The van der Waals surface area contributed by atoms with E-state index in [1.54, 1.807) is 6.66 Å². The lowest BCUT2D eigenvalue weighted by Crippen LogP contribution is -2.62. The molecule has 1 saturated heterocycles. The third-order valence-electron chi connectivity index (χ3n) is 6.02. The van der Waals surface area contributed by atoms with E-state index in [0.29, 0.717) is 0 Å². The normalized spacial score (nSPS) is 39.3. The summed E-state index contributed by atoms with van der Waals surface area (Å²) in [6, 6.07) is 0. The molecule has 0 amide bonds. The second kappa shape index (κ2) is 3.14. The fourth-order valence-electron chi connectivity index (χ4n) is 2.69. The second-order valence-electron chi connectivity index (χ2n) is 7.26. The van der Waals surface area contributed by atoms with Gasteiger partial charge in [-0.1, -0.05) is 41.5 Å². The van der Waals surface area contributed by atoms with Gasteiger partial charge in [0.1, 0.15) is 0 Å². The molecule has 2 nitrogen and oxygen atoms in total. The topological polar surface area (TPSA) is 26.3 Å². The Balaban J connectivity index is 3.49. The van der Waals surface area contributed by atoms with Gasteiger partial charge in [0.25, 0.3) is 0 Å². The summed E-state index contributed by atoms with van der Waals surface area (Å²) in [5, 5.41) is -0.307. The first kappa shape index (κ1) is 14.3. The van der Waals surface area contributed by atoms with Gasteiger partial charge in [-0.3, -0.25) is 4.57 Å². The van der Waals surface area contributed by atoms with Crippen LogP contribution in [0, 0.1) is 10.8 Å². The summed E-state index contributed by atoms with van der Waals surface area (Å²) in [6.45, 7) is 18.9. The maximum atomic E-state index is 12.8. The summed E-state index contributed by atoms with van der Waals surface area (Å²) in [5.74, 6) is 0. The molecule has 0 aromatic carbocycles. The summed E-state index contributed by atoms with van der Waals surface area (Å²) >= 11 is 0. The molecule has 0 aromatic rings. The average Bonchev–Trinajstić information content (AvgIpc) is 1.98. The van der Waals surface area contributed by atoms with Crippen LogP contribution in [-0.2, 0) is 9.09 Å². The van der Waals surface area contributed by atoms with Crippen molar-refractivity contribution in [2.24, 2.45) is 10.8 Å². The molecule has 1 rings (SSSR count). The SMILES string of the molecule is CC1(C)OP(C)(=O)C(C)(C)C(C)(C)C1(C)C. The quantitative estimate of drug-likeness (QED) is 0.587. The third kappa shape index (κ3) is 1.39. The predicted molar refractivity (Wildman–Crippen MR) is 70.3 cm³/mol. The number of rotatable bonds is 0. The minimum atomic E-state index is -2.61. The number of hydrogen-bond donors (Lipinski definition) is 0. The van der Waals surface area contributed by atoms with Crippen LogP contribution in [0.25, 0.3) is 0 Å². The molecule has 0 aromatic heterocycles. The van der Waals surface area contributed by atoms with Gasteiger partial charge in [0, 0.05) is 11.8 Å². The Labute approximate surface area is 101 Å². The average molecular weight is 246 g/mol. The van der Waals surface area contributed by atoms with E-state index < -0.39 is 7.37 Å². The van der Waals surface area contributed by atoms with Gasteiger partial charge in [-0.2, -0.15) is 0 Å². The highest BCUT2D eigenvalue weighted by Crippen LogP contribution is 2.75. The molecule has 1 heterocycles. The Morgan fingerprint density at radius 3 is 1.56 bits per heavy atom. The molecule has 3 heteroatoms. The lowest BCUT2D eigenvalue weighted by molar-refractivity contribution is -0.124. The summed E-state index contributed by atoms with van der Waals surface area (Å²) in [6.07, 6.45) is 0.